The molecule has 1 aromatic heterocycles. The Hall–Kier alpha value is -2.59. The van der Waals surface area contributed by atoms with E-state index in [9.17, 15) is 9.90 Å². The summed E-state index contributed by atoms with van der Waals surface area (Å²) < 4.78 is 6.83. The van der Waals surface area contributed by atoms with Crippen molar-refractivity contribution in [1.29, 1.82) is 0 Å². The maximum Gasteiger partial charge on any atom is 0.339 e. The number of hydrogen-bond acceptors (Lipinski definition) is 3. The SMILES string of the molecule is COC(=O)C(O)c1cccc2c1cc(C)n2Cc1ccccc1. The minimum atomic E-state index is -1.27. The van der Waals surface area contributed by atoms with Gasteiger partial charge in [0.25, 0.3) is 0 Å². The lowest BCUT2D eigenvalue weighted by molar-refractivity contribution is -0.150. The highest BCUT2D eigenvalue weighted by Crippen LogP contribution is 2.28. The molecule has 4 nitrogen and oxygen atoms in total. The van der Waals surface area contributed by atoms with Crippen LogP contribution in [0.15, 0.2) is 54.6 Å². The summed E-state index contributed by atoms with van der Waals surface area (Å²) in [5.74, 6) is -0.647. The quantitative estimate of drug-likeness (QED) is 0.753. The summed E-state index contributed by atoms with van der Waals surface area (Å²) in [6.45, 7) is 2.77. The Morgan fingerprint density at radius 3 is 2.61 bits per heavy atom. The fourth-order valence-electron chi connectivity index (χ4n) is 2.89. The van der Waals surface area contributed by atoms with E-state index in [0.29, 0.717) is 5.56 Å². The van der Waals surface area contributed by atoms with Crippen molar-refractivity contribution < 1.29 is 14.6 Å². The lowest BCUT2D eigenvalue weighted by Crippen LogP contribution is -2.13. The van der Waals surface area contributed by atoms with Crippen LogP contribution in [0.25, 0.3) is 10.9 Å². The van der Waals surface area contributed by atoms with Crippen LogP contribution in [0.1, 0.15) is 22.9 Å². The number of fused-ring (bicyclic) bond motifs is 1. The highest BCUT2D eigenvalue weighted by Gasteiger charge is 2.21. The molecule has 4 heteroatoms. The van der Waals surface area contributed by atoms with E-state index >= 15 is 0 Å². The fraction of sp³-hybridized carbons (Fsp3) is 0.211. The standard InChI is InChI=1S/C19H19NO3/c1-13-11-16-15(18(21)19(22)23-2)9-6-10-17(16)20(13)12-14-7-4-3-5-8-14/h3-11,18,21H,12H2,1-2H3. The largest absolute Gasteiger partial charge is 0.467 e. The van der Waals surface area contributed by atoms with E-state index in [1.165, 1.54) is 12.7 Å². The molecule has 1 N–H and O–H groups in total. The van der Waals surface area contributed by atoms with E-state index in [-0.39, 0.29) is 0 Å². The molecule has 0 saturated carbocycles. The molecule has 0 radical (unpaired) electrons. The number of benzene rings is 2. The highest BCUT2D eigenvalue weighted by atomic mass is 16.5. The maximum absolute atomic E-state index is 11.7. The van der Waals surface area contributed by atoms with Gasteiger partial charge < -0.3 is 14.4 Å². The van der Waals surface area contributed by atoms with E-state index in [4.69, 9.17) is 0 Å². The third-order valence-electron chi connectivity index (χ3n) is 4.09. The van der Waals surface area contributed by atoms with Crippen molar-refractivity contribution in [3.8, 4) is 0 Å². The van der Waals surface area contributed by atoms with Crippen LogP contribution in [0.5, 0.6) is 0 Å². The predicted octanol–water partition coefficient (Wildman–Crippen LogP) is 3.20. The Balaban J connectivity index is 2.08. The lowest BCUT2D eigenvalue weighted by Gasteiger charge is -2.11. The van der Waals surface area contributed by atoms with Crippen LogP contribution in [0.3, 0.4) is 0 Å². The molecule has 1 unspecified atom stereocenters. The van der Waals surface area contributed by atoms with E-state index in [0.717, 1.165) is 23.1 Å². The molecule has 0 fully saturated rings. The zero-order valence-electron chi connectivity index (χ0n) is 13.2. The number of carbonyl (C=O) groups excluding carboxylic acids is 1. The number of aromatic nitrogens is 1. The summed E-state index contributed by atoms with van der Waals surface area (Å²) in [5.41, 5.74) is 3.84. The van der Waals surface area contributed by atoms with Gasteiger partial charge in [0.15, 0.2) is 6.10 Å². The Morgan fingerprint density at radius 2 is 1.91 bits per heavy atom. The topological polar surface area (TPSA) is 51.5 Å². The van der Waals surface area contributed by atoms with Gasteiger partial charge in [-0.15, -0.1) is 0 Å². The predicted molar refractivity (Wildman–Crippen MR) is 89.2 cm³/mol. The first-order chi connectivity index (χ1) is 11.1. The fourth-order valence-corrected chi connectivity index (χ4v) is 2.89. The summed E-state index contributed by atoms with van der Waals surface area (Å²) in [6, 6.07) is 17.8. The Kier molecular flexibility index (Phi) is 4.17. The maximum atomic E-state index is 11.7. The van der Waals surface area contributed by atoms with E-state index < -0.39 is 12.1 Å². The molecule has 0 saturated heterocycles. The highest BCUT2D eigenvalue weighted by molar-refractivity contribution is 5.90. The summed E-state index contributed by atoms with van der Waals surface area (Å²) in [6.07, 6.45) is -1.27. The van der Waals surface area contributed by atoms with E-state index in [1.807, 2.05) is 43.3 Å². The average molecular weight is 309 g/mol. The summed E-state index contributed by atoms with van der Waals surface area (Å²) >= 11 is 0. The number of aliphatic hydroxyl groups excluding tert-OH is 1. The van der Waals surface area contributed by atoms with Gasteiger partial charge in [-0.1, -0.05) is 42.5 Å². The van der Waals surface area contributed by atoms with Gasteiger partial charge in [0.1, 0.15) is 0 Å². The second kappa shape index (κ2) is 6.26. The third kappa shape index (κ3) is 2.85. The molecule has 0 aliphatic carbocycles. The zero-order valence-corrected chi connectivity index (χ0v) is 13.2. The smallest absolute Gasteiger partial charge is 0.339 e. The number of hydrogen-bond donors (Lipinski definition) is 1. The van der Waals surface area contributed by atoms with Crippen molar-refractivity contribution >= 4 is 16.9 Å². The second-order valence-electron chi connectivity index (χ2n) is 5.56. The first kappa shape index (κ1) is 15.3. The van der Waals surface area contributed by atoms with Crippen LogP contribution < -0.4 is 0 Å². The molecular weight excluding hydrogens is 290 g/mol. The number of aliphatic hydroxyl groups is 1. The molecule has 3 rings (SSSR count). The number of rotatable bonds is 4. The van der Waals surface area contributed by atoms with Crippen LogP contribution in [0.2, 0.25) is 0 Å². The summed E-state index contributed by atoms with van der Waals surface area (Å²) in [5, 5.41) is 11.1. The van der Waals surface area contributed by atoms with Crippen molar-refractivity contribution in [2.24, 2.45) is 0 Å². The second-order valence-corrected chi connectivity index (χ2v) is 5.56. The number of esters is 1. The van der Waals surface area contributed by atoms with Gasteiger partial charge in [-0.05, 0) is 24.6 Å². The van der Waals surface area contributed by atoms with Gasteiger partial charge in [0, 0.05) is 28.7 Å². The van der Waals surface area contributed by atoms with Gasteiger partial charge in [-0.2, -0.15) is 0 Å². The molecule has 2 aromatic carbocycles. The number of carbonyl (C=O) groups is 1. The van der Waals surface area contributed by atoms with Crippen LogP contribution >= 0.6 is 0 Å². The van der Waals surface area contributed by atoms with Crippen LogP contribution in [-0.2, 0) is 16.1 Å². The molecule has 0 spiro atoms. The van der Waals surface area contributed by atoms with Gasteiger partial charge in [-0.3, -0.25) is 0 Å². The number of ether oxygens (including phenoxy) is 1. The Labute approximate surface area is 134 Å². The molecule has 1 atom stereocenters. The molecule has 0 bridgehead atoms. The molecule has 0 aliphatic rings. The Morgan fingerprint density at radius 1 is 1.17 bits per heavy atom. The molecule has 0 aliphatic heterocycles. The Bertz CT molecular complexity index is 836. The summed E-state index contributed by atoms with van der Waals surface area (Å²) in [7, 11) is 1.28. The van der Waals surface area contributed by atoms with Gasteiger partial charge in [0.2, 0.25) is 0 Å². The summed E-state index contributed by atoms with van der Waals surface area (Å²) in [4.78, 5) is 11.7. The number of methoxy groups -OCH3 is 1. The molecule has 23 heavy (non-hydrogen) atoms. The molecule has 118 valence electrons. The molecule has 3 aromatic rings. The first-order valence-electron chi connectivity index (χ1n) is 7.50. The van der Waals surface area contributed by atoms with Crippen molar-refractivity contribution in [1.82, 2.24) is 4.57 Å². The van der Waals surface area contributed by atoms with Crippen molar-refractivity contribution in [2.45, 2.75) is 19.6 Å². The van der Waals surface area contributed by atoms with Crippen LogP contribution in [-0.4, -0.2) is 22.8 Å². The minimum absolute atomic E-state index is 0.573. The number of aryl methyl sites for hydroxylation is 1. The van der Waals surface area contributed by atoms with Crippen LogP contribution in [0.4, 0.5) is 0 Å². The lowest BCUT2D eigenvalue weighted by atomic mass is 10.0. The van der Waals surface area contributed by atoms with Crippen molar-refractivity contribution in [3.63, 3.8) is 0 Å². The van der Waals surface area contributed by atoms with Gasteiger partial charge in [0.05, 0.1) is 7.11 Å². The average Bonchev–Trinajstić information content (AvgIpc) is 2.90. The van der Waals surface area contributed by atoms with E-state index in [1.54, 1.807) is 6.07 Å². The number of nitrogens with zero attached hydrogens (tertiary/aromatic N) is 1. The van der Waals surface area contributed by atoms with Crippen molar-refractivity contribution in [3.05, 3.63) is 71.4 Å². The zero-order chi connectivity index (χ0) is 16.4. The monoisotopic (exact) mass is 309 g/mol. The van der Waals surface area contributed by atoms with Gasteiger partial charge >= 0.3 is 5.97 Å². The normalized spacial score (nSPS) is 12.3. The third-order valence-corrected chi connectivity index (χ3v) is 4.09. The first-order valence-corrected chi connectivity index (χ1v) is 7.50. The minimum Gasteiger partial charge on any atom is -0.467 e. The van der Waals surface area contributed by atoms with E-state index in [2.05, 4.69) is 21.4 Å². The molecule has 1 heterocycles. The van der Waals surface area contributed by atoms with Crippen LogP contribution in [0, 0.1) is 6.92 Å². The van der Waals surface area contributed by atoms with Gasteiger partial charge in [-0.25, -0.2) is 4.79 Å². The molecule has 0 amide bonds. The molecular formula is C19H19NO3. The van der Waals surface area contributed by atoms with Crippen molar-refractivity contribution in [2.75, 3.05) is 7.11 Å².